The van der Waals surface area contributed by atoms with Crippen LogP contribution in [0.15, 0.2) is 30.5 Å². The fraction of sp³-hybridized carbons (Fsp3) is 0.481. The van der Waals surface area contributed by atoms with E-state index in [9.17, 15) is 5.11 Å². The van der Waals surface area contributed by atoms with Gasteiger partial charge in [0.25, 0.3) is 0 Å². The molecule has 2 bridgehead atoms. The lowest BCUT2D eigenvalue weighted by Gasteiger charge is -2.54. The fourth-order valence-electron chi connectivity index (χ4n) is 6.48. The molecule has 9 heteroatoms. The van der Waals surface area contributed by atoms with Crippen LogP contribution in [0.4, 0.5) is 14.6 Å². The molecule has 1 N–H and O–H groups in total. The minimum absolute atomic E-state index is 0.0532. The van der Waals surface area contributed by atoms with Gasteiger partial charge in [-0.25, -0.2) is 8.78 Å². The molecular formula is C27H31F2N5O2. The lowest BCUT2D eigenvalue weighted by atomic mass is 9.55. The molecular weight excluding hydrogens is 464 g/mol. The molecule has 1 aromatic carbocycles. The maximum Gasteiger partial charge on any atom is 0.233 e. The van der Waals surface area contributed by atoms with E-state index in [0.29, 0.717) is 22.7 Å². The first kappa shape index (κ1) is 24.3. The summed E-state index contributed by atoms with van der Waals surface area (Å²) in [5.41, 5.74) is 0.454. The van der Waals surface area contributed by atoms with Crippen LogP contribution in [0.3, 0.4) is 0 Å². The maximum atomic E-state index is 15.2. The number of methoxy groups -OCH3 is 1. The van der Waals surface area contributed by atoms with Crippen LogP contribution in [0.5, 0.6) is 11.6 Å². The summed E-state index contributed by atoms with van der Waals surface area (Å²) in [5.74, 6) is -1.97. The third kappa shape index (κ3) is 4.35. The SMILES string of the molecule is COc1cc(-c2cc(O)c(-c3ccc(N(C)[C@H]4C[C@]5(C)CCC[C@](C)(C4)C5)nn3)c(F)c2F)cnn1. The summed E-state index contributed by atoms with van der Waals surface area (Å²) in [4.78, 5) is 2.15. The standard InChI is InChI=1S/C27H31F2N5O2/c1-26-8-5-9-27(2,15-26)13-17(12-26)34(3)21-7-6-19(31-32-21)23-20(35)11-18(24(28)25(23)29)16-10-22(36-4)33-30-14-16/h6-7,10-11,14,17,35H,5,8-9,12-13,15H2,1-4H3/t17-,26-,27+. The zero-order valence-corrected chi connectivity index (χ0v) is 21.1. The van der Waals surface area contributed by atoms with Crippen LogP contribution in [0, 0.1) is 22.5 Å². The van der Waals surface area contributed by atoms with Gasteiger partial charge in [-0.15, -0.1) is 15.3 Å². The van der Waals surface area contributed by atoms with Crippen LogP contribution in [-0.2, 0) is 0 Å². The molecule has 36 heavy (non-hydrogen) atoms. The third-order valence-corrected chi connectivity index (χ3v) is 8.02. The molecule has 2 aliphatic carbocycles. The van der Waals surface area contributed by atoms with Crippen LogP contribution in [0.1, 0.15) is 52.4 Å². The summed E-state index contributed by atoms with van der Waals surface area (Å²) in [6, 6.07) is 6.21. The molecule has 5 rings (SSSR count). The zero-order chi connectivity index (χ0) is 25.7. The summed E-state index contributed by atoms with van der Waals surface area (Å²) < 4.78 is 35.2. The van der Waals surface area contributed by atoms with Crippen molar-refractivity contribution >= 4 is 5.82 Å². The van der Waals surface area contributed by atoms with E-state index in [2.05, 4.69) is 39.1 Å². The van der Waals surface area contributed by atoms with E-state index in [0.717, 1.165) is 18.9 Å². The average Bonchev–Trinajstić information content (AvgIpc) is 2.85. The molecule has 0 saturated heterocycles. The monoisotopic (exact) mass is 495 g/mol. The Labute approximate surface area is 209 Å². The molecule has 3 atom stereocenters. The van der Waals surface area contributed by atoms with Crippen molar-refractivity contribution in [1.29, 1.82) is 0 Å². The van der Waals surface area contributed by atoms with E-state index in [1.807, 2.05) is 7.05 Å². The van der Waals surface area contributed by atoms with Crippen molar-refractivity contribution in [2.24, 2.45) is 10.8 Å². The summed E-state index contributed by atoms with van der Waals surface area (Å²) in [6.07, 6.45) is 8.51. The average molecular weight is 496 g/mol. The molecule has 0 amide bonds. The smallest absolute Gasteiger partial charge is 0.233 e. The topological polar surface area (TPSA) is 84.3 Å². The van der Waals surface area contributed by atoms with Gasteiger partial charge in [-0.1, -0.05) is 20.3 Å². The zero-order valence-electron chi connectivity index (χ0n) is 21.1. The summed E-state index contributed by atoms with van der Waals surface area (Å²) in [6.45, 7) is 4.78. The highest BCUT2D eigenvalue weighted by Crippen LogP contribution is 2.56. The second kappa shape index (κ2) is 8.94. The highest BCUT2D eigenvalue weighted by Gasteiger charge is 2.47. The Balaban J connectivity index is 1.42. The Morgan fingerprint density at radius 1 is 1.03 bits per heavy atom. The van der Waals surface area contributed by atoms with E-state index in [1.54, 1.807) is 12.1 Å². The molecule has 0 spiro atoms. The first-order valence-electron chi connectivity index (χ1n) is 12.3. The second-order valence-electron chi connectivity index (χ2n) is 11.0. The van der Waals surface area contributed by atoms with Gasteiger partial charge in [0.2, 0.25) is 5.88 Å². The highest BCUT2D eigenvalue weighted by atomic mass is 19.2. The fourth-order valence-corrected chi connectivity index (χ4v) is 6.48. The van der Waals surface area contributed by atoms with Crippen LogP contribution >= 0.6 is 0 Å². The minimum Gasteiger partial charge on any atom is -0.507 e. The number of anilines is 1. The van der Waals surface area contributed by atoms with Gasteiger partial charge in [0.1, 0.15) is 5.75 Å². The first-order valence-corrected chi connectivity index (χ1v) is 12.3. The van der Waals surface area contributed by atoms with Gasteiger partial charge in [0.15, 0.2) is 17.5 Å². The Hall–Kier alpha value is -3.36. The highest BCUT2D eigenvalue weighted by molar-refractivity contribution is 5.75. The molecule has 7 nitrogen and oxygen atoms in total. The Morgan fingerprint density at radius 2 is 1.75 bits per heavy atom. The number of rotatable bonds is 5. The lowest BCUT2D eigenvalue weighted by molar-refractivity contribution is 0.0141. The predicted octanol–water partition coefficient (Wildman–Crippen LogP) is 5.78. The maximum absolute atomic E-state index is 15.2. The van der Waals surface area contributed by atoms with Crippen LogP contribution in [-0.4, -0.2) is 45.7 Å². The van der Waals surface area contributed by atoms with Gasteiger partial charge in [0, 0.05) is 30.3 Å². The van der Waals surface area contributed by atoms with Crippen molar-refractivity contribution in [3.63, 3.8) is 0 Å². The van der Waals surface area contributed by atoms with Crippen molar-refractivity contribution in [1.82, 2.24) is 20.4 Å². The lowest BCUT2D eigenvalue weighted by Crippen LogP contribution is -2.49. The van der Waals surface area contributed by atoms with E-state index < -0.39 is 17.4 Å². The molecule has 190 valence electrons. The number of hydrogen-bond donors (Lipinski definition) is 1. The summed E-state index contributed by atoms with van der Waals surface area (Å²) >= 11 is 0. The molecule has 2 saturated carbocycles. The van der Waals surface area contributed by atoms with Gasteiger partial charge in [-0.05, 0) is 61.1 Å². The molecule has 2 aliphatic rings. The van der Waals surface area contributed by atoms with Gasteiger partial charge in [0.05, 0.1) is 24.6 Å². The number of aromatic nitrogens is 4. The van der Waals surface area contributed by atoms with Gasteiger partial charge < -0.3 is 14.7 Å². The number of phenolic OH excluding ortho intramolecular Hbond substituents is 1. The van der Waals surface area contributed by atoms with Gasteiger partial charge in [-0.2, -0.15) is 5.10 Å². The third-order valence-electron chi connectivity index (χ3n) is 8.02. The van der Waals surface area contributed by atoms with Crippen molar-refractivity contribution in [3.05, 3.63) is 42.1 Å². The number of aromatic hydroxyl groups is 1. The Bertz CT molecular complexity index is 1270. The molecule has 0 radical (unpaired) electrons. The minimum atomic E-state index is -1.21. The van der Waals surface area contributed by atoms with Gasteiger partial charge >= 0.3 is 0 Å². The number of ether oxygens (including phenoxy) is 1. The second-order valence-corrected chi connectivity index (χ2v) is 11.0. The number of nitrogens with zero attached hydrogens (tertiary/aromatic N) is 5. The van der Waals surface area contributed by atoms with Crippen molar-refractivity contribution in [3.8, 4) is 34.0 Å². The number of benzene rings is 1. The molecule has 2 aromatic heterocycles. The Kier molecular flexibility index (Phi) is 6.04. The van der Waals surface area contributed by atoms with Crippen LogP contribution < -0.4 is 9.64 Å². The molecule has 2 fully saturated rings. The molecule has 2 heterocycles. The van der Waals surface area contributed by atoms with E-state index in [-0.39, 0.29) is 28.3 Å². The van der Waals surface area contributed by atoms with E-state index in [4.69, 9.17) is 4.74 Å². The quantitative estimate of drug-likeness (QED) is 0.480. The molecule has 3 aromatic rings. The number of phenols is 1. The van der Waals surface area contributed by atoms with Gasteiger partial charge in [-0.3, -0.25) is 0 Å². The van der Waals surface area contributed by atoms with Crippen LogP contribution in [0.2, 0.25) is 0 Å². The largest absolute Gasteiger partial charge is 0.507 e. The number of halogens is 2. The van der Waals surface area contributed by atoms with Crippen molar-refractivity contribution in [2.75, 3.05) is 19.1 Å². The summed E-state index contributed by atoms with van der Waals surface area (Å²) in [5, 5.41) is 26.6. The Morgan fingerprint density at radius 3 is 2.39 bits per heavy atom. The normalized spacial score (nSPS) is 25.4. The first-order chi connectivity index (χ1) is 17.1. The summed E-state index contributed by atoms with van der Waals surface area (Å²) in [7, 11) is 3.41. The molecule has 0 unspecified atom stereocenters. The van der Waals surface area contributed by atoms with E-state index in [1.165, 1.54) is 45.1 Å². The van der Waals surface area contributed by atoms with E-state index >= 15 is 8.78 Å². The molecule has 0 aliphatic heterocycles. The van der Waals surface area contributed by atoms with Crippen LogP contribution in [0.25, 0.3) is 22.4 Å². The predicted molar refractivity (Wildman–Crippen MR) is 133 cm³/mol. The van der Waals surface area contributed by atoms with Crippen molar-refractivity contribution < 1.29 is 18.6 Å². The number of hydrogen-bond acceptors (Lipinski definition) is 7. The number of fused-ring (bicyclic) bond motifs is 2. The van der Waals surface area contributed by atoms with Crippen molar-refractivity contribution in [2.45, 2.75) is 58.4 Å².